The molecular formula is C20H32O5. The molecule has 5 nitrogen and oxygen atoms in total. The molecule has 3 unspecified atom stereocenters. The van der Waals surface area contributed by atoms with E-state index in [0.717, 1.165) is 37.9 Å². The van der Waals surface area contributed by atoms with Crippen molar-refractivity contribution in [2.45, 2.75) is 83.0 Å². The number of rotatable bonds is 10. The van der Waals surface area contributed by atoms with Crippen LogP contribution in [-0.4, -0.2) is 39.6 Å². The van der Waals surface area contributed by atoms with Crippen molar-refractivity contribution in [2.75, 3.05) is 0 Å². The number of fused-ring (bicyclic) bond motifs is 1. The summed E-state index contributed by atoms with van der Waals surface area (Å²) in [5.41, 5.74) is 0. The van der Waals surface area contributed by atoms with Gasteiger partial charge in [0.05, 0.1) is 18.0 Å². The van der Waals surface area contributed by atoms with Crippen molar-refractivity contribution in [3.63, 3.8) is 0 Å². The normalized spacial score (nSPS) is 31.4. The Morgan fingerprint density at radius 3 is 2.88 bits per heavy atom. The maximum Gasteiger partial charge on any atom is 0.303 e. The highest BCUT2D eigenvalue weighted by atomic mass is 16.5. The highest BCUT2D eigenvalue weighted by molar-refractivity contribution is 5.66. The Kier molecular flexibility index (Phi) is 7.97. The van der Waals surface area contributed by atoms with Crippen LogP contribution in [0.15, 0.2) is 24.0 Å². The summed E-state index contributed by atoms with van der Waals surface area (Å²) >= 11 is 0. The van der Waals surface area contributed by atoms with Gasteiger partial charge in [-0.15, -0.1) is 0 Å². The quantitative estimate of drug-likeness (QED) is 0.414. The van der Waals surface area contributed by atoms with Gasteiger partial charge >= 0.3 is 5.97 Å². The zero-order valence-electron chi connectivity index (χ0n) is 15.1. The van der Waals surface area contributed by atoms with E-state index in [-0.39, 0.29) is 24.4 Å². The molecule has 5 heteroatoms. The summed E-state index contributed by atoms with van der Waals surface area (Å²) in [6.45, 7) is 2.14. The monoisotopic (exact) mass is 352 g/mol. The van der Waals surface area contributed by atoms with Crippen LogP contribution in [-0.2, 0) is 9.53 Å². The SMILES string of the molecule is CCCCCC(O)C=C[C@H]1C(O)CC2O/C(=C\CCCC(=O)O)C[C@@H]21. The summed E-state index contributed by atoms with van der Waals surface area (Å²) in [6, 6.07) is 0. The van der Waals surface area contributed by atoms with Crippen molar-refractivity contribution in [3.8, 4) is 0 Å². The smallest absolute Gasteiger partial charge is 0.303 e. The fraction of sp³-hybridized carbons (Fsp3) is 0.750. The van der Waals surface area contributed by atoms with Gasteiger partial charge in [0.25, 0.3) is 0 Å². The Balaban J connectivity index is 1.83. The molecular weight excluding hydrogens is 320 g/mol. The van der Waals surface area contributed by atoms with E-state index in [0.29, 0.717) is 19.3 Å². The number of aliphatic carboxylic acids is 1. The van der Waals surface area contributed by atoms with Gasteiger partial charge in [-0.2, -0.15) is 0 Å². The number of ether oxygens (including phenoxy) is 1. The van der Waals surface area contributed by atoms with E-state index in [9.17, 15) is 15.0 Å². The maximum absolute atomic E-state index is 10.5. The number of hydrogen-bond acceptors (Lipinski definition) is 4. The van der Waals surface area contributed by atoms with Crippen molar-refractivity contribution in [2.24, 2.45) is 11.8 Å². The number of allylic oxidation sites excluding steroid dienone is 2. The minimum atomic E-state index is -0.770. The predicted octanol–water partition coefficient (Wildman–Crippen LogP) is 3.41. The Bertz CT molecular complexity index is 484. The van der Waals surface area contributed by atoms with Crippen LogP contribution in [0.2, 0.25) is 0 Å². The van der Waals surface area contributed by atoms with Crippen molar-refractivity contribution >= 4 is 5.97 Å². The van der Waals surface area contributed by atoms with Crippen molar-refractivity contribution in [1.29, 1.82) is 0 Å². The third kappa shape index (κ3) is 6.15. The van der Waals surface area contributed by atoms with Crippen LogP contribution in [0.25, 0.3) is 0 Å². The number of aliphatic hydroxyl groups is 2. The highest BCUT2D eigenvalue weighted by Gasteiger charge is 2.46. The van der Waals surface area contributed by atoms with Gasteiger partial charge in [0, 0.05) is 31.1 Å². The molecule has 0 bridgehead atoms. The molecule has 0 aromatic rings. The van der Waals surface area contributed by atoms with E-state index in [1.54, 1.807) is 0 Å². The number of carboxylic acids is 1. The molecule has 5 atom stereocenters. The van der Waals surface area contributed by atoms with E-state index in [1.165, 1.54) is 0 Å². The number of carboxylic acid groups (broad SMARTS) is 1. The van der Waals surface area contributed by atoms with E-state index in [4.69, 9.17) is 9.84 Å². The van der Waals surface area contributed by atoms with Crippen LogP contribution >= 0.6 is 0 Å². The summed E-state index contributed by atoms with van der Waals surface area (Å²) in [7, 11) is 0. The molecule has 1 aliphatic heterocycles. The van der Waals surface area contributed by atoms with Crippen LogP contribution in [0.3, 0.4) is 0 Å². The molecule has 2 fully saturated rings. The van der Waals surface area contributed by atoms with Gasteiger partial charge in [0.1, 0.15) is 6.10 Å². The molecule has 1 aliphatic carbocycles. The van der Waals surface area contributed by atoms with E-state index in [2.05, 4.69) is 6.92 Å². The predicted molar refractivity (Wildman–Crippen MR) is 96.0 cm³/mol. The first-order chi connectivity index (χ1) is 12.0. The summed E-state index contributed by atoms with van der Waals surface area (Å²) in [5.74, 6) is 0.429. The van der Waals surface area contributed by atoms with Gasteiger partial charge in [0.2, 0.25) is 0 Å². The first kappa shape index (κ1) is 20.0. The lowest BCUT2D eigenvalue weighted by molar-refractivity contribution is -0.137. The molecule has 25 heavy (non-hydrogen) atoms. The topological polar surface area (TPSA) is 87.0 Å². The van der Waals surface area contributed by atoms with E-state index >= 15 is 0 Å². The van der Waals surface area contributed by atoms with Crippen LogP contribution in [0.1, 0.15) is 64.7 Å². The third-order valence-corrected chi connectivity index (χ3v) is 5.26. The molecule has 0 aromatic carbocycles. The highest BCUT2D eigenvalue weighted by Crippen LogP contribution is 2.45. The largest absolute Gasteiger partial charge is 0.495 e. The maximum atomic E-state index is 10.5. The van der Waals surface area contributed by atoms with Crippen LogP contribution < -0.4 is 0 Å². The molecule has 0 radical (unpaired) electrons. The Morgan fingerprint density at radius 1 is 1.36 bits per heavy atom. The first-order valence-electron chi connectivity index (χ1n) is 9.63. The molecule has 142 valence electrons. The van der Waals surface area contributed by atoms with Crippen LogP contribution in [0.5, 0.6) is 0 Å². The molecule has 0 amide bonds. The summed E-state index contributed by atoms with van der Waals surface area (Å²) in [6.07, 6.45) is 12.0. The van der Waals surface area contributed by atoms with Crippen molar-refractivity contribution < 1.29 is 24.9 Å². The average molecular weight is 352 g/mol. The second-order valence-electron chi connectivity index (χ2n) is 7.31. The summed E-state index contributed by atoms with van der Waals surface area (Å²) in [4.78, 5) is 10.5. The Hall–Kier alpha value is -1.33. The number of carbonyl (C=O) groups is 1. The lowest BCUT2D eigenvalue weighted by Crippen LogP contribution is -2.18. The fourth-order valence-corrected chi connectivity index (χ4v) is 3.86. The minimum Gasteiger partial charge on any atom is -0.495 e. The first-order valence-corrected chi connectivity index (χ1v) is 9.63. The lowest BCUT2D eigenvalue weighted by atomic mass is 9.90. The molecule has 2 rings (SSSR count). The molecule has 0 spiro atoms. The average Bonchev–Trinajstić information content (AvgIpc) is 3.06. The van der Waals surface area contributed by atoms with Crippen molar-refractivity contribution in [3.05, 3.63) is 24.0 Å². The van der Waals surface area contributed by atoms with E-state index < -0.39 is 18.2 Å². The van der Waals surface area contributed by atoms with E-state index in [1.807, 2.05) is 18.2 Å². The van der Waals surface area contributed by atoms with Gasteiger partial charge in [0.15, 0.2) is 0 Å². The van der Waals surface area contributed by atoms with Crippen molar-refractivity contribution in [1.82, 2.24) is 0 Å². The number of aliphatic hydroxyl groups excluding tert-OH is 2. The molecule has 3 N–H and O–H groups in total. The Morgan fingerprint density at radius 2 is 2.16 bits per heavy atom. The number of unbranched alkanes of at least 4 members (excludes halogenated alkanes) is 3. The second-order valence-corrected chi connectivity index (χ2v) is 7.31. The van der Waals surface area contributed by atoms with Gasteiger partial charge in [-0.25, -0.2) is 0 Å². The molecule has 1 saturated heterocycles. The molecule has 2 aliphatic rings. The number of hydrogen-bond donors (Lipinski definition) is 3. The molecule has 1 heterocycles. The summed E-state index contributed by atoms with van der Waals surface area (Å²) < 4.78 is 5.94. The van der Waals surface area contributed by atoms with Crippen LogP contribution in [0.4, 0.5) is 0 Å². The van der Waals surface area contributed by atoms with Crippen LogP contribution in [0, 0.1) is 11.8 Å². The van der Waals surface area contributed by atoms with Gasteiger partial charge in [-0.05, 0) is 25.3 Å². The molecule has 0 aromatic heterocycles. The fourth-order valence-electron chi connectivity index (χ4n) is 3.86. The molecule has 1 saturated carbocycles. The van der Waals surface area contributed by atoms with Gasteiger partial charge in [-0.3, -0.25) is 4.79 Å². The lowest BCUT2D eigenvalue weighted by Gasteiger charge is -2.16. The summed E-state index contributed by atoms with van der Waals surface area (Å²) in [5, 5.41) is 29.0. The third-order valence-electron chi connectivity index (χ3n) is 5.26. The minimum absolute atomic E-state index is 0.0238. The van der Waals surface area contributed by atoms with Gasteiger partial charge in [-0.1, -0.05) is 38.3 Å². The zero-order chi connectivity index (χ0) is 18.2. The Labute approximate surface area is 150 Å². The second kappa shape index (κ2) is 9.97. The van der Waals surface area contributed by atoms with Gasteiger partial charge < -0.3 is 20.1 Å². The standard InChI is InChI=1S/C20H32O5/c1-2-3-4-7-14(21)10-11-16-17-12-15(8-5-6-9-20(23)24)25-19(17)13-18(16)22/h8,10-11,14,16-19,21-22H,2-7,9,12-13H2,1H3,(H,23,24)/b11-10?,15-8-/t14?,16-,17-,18?,19?/m1/s1. The zero-order valence-corrected chi connectivity index (χ0v) is 15.1.